The van der Waals surface area contributed by atoms with E-state index in [-0.39, 0.29) is 16.9 Å². The van der Waals surface area contributed by atoms with Gasteiger partial charge in [0.05, 0.1) is 10.6 Å². The van der Waals surface area contributed by atoms with Crippen LogP contribution in [0, 0.1) is 0 Å². The van der Waals surface area contributed by atoms with Crippen LogP contribution in [0.5, 0.6) is 0 Å². The first-order valence-corrected chi connectivity index (χ1v) is 8.21. The Bertz CT molecular complexity index is 826. The molecular formula is C16H15NO4S. The Kier molecular flexibility index (Phi) is 3.52. The molecule has 0 aliphatic heterocycles. The lowest BCUT2D eigenvalue weighted by molar-refractivity contribution is -0.166. The first kappa shape index (κ1) is 14.8. The van der Waals surface area contributed by atoms with Gasteiger partial charge in [0, 0.05) is 17.5 Å². The normalized spacial score (nSPS) is 16.1. The van der Waals surface area contributed by atoms with Gasteiger partial charge in [-0.3, -0.25) is 4.72 Å². The summed E-state index contributed by atoms with van der Waals surface area (Å²) in [5.74, 6) is -1.99. The second kappa shape index (κ2) is 5.24. The molecular weight excluding hydrogens is 302 g/mol. The van der Waals surface area contributed by atoms with Crippen LogP contribution >= 0.6 is 0 Å². The Morgan fingerprint density at radius 2 is 1.73 bits per heavy atom. The van der Waals surface area contributed by atoms with Crippen molar-refractivity contribution in [1.82, 2.24) is 0 Å². The van der Waals surface area contributed by atoms with Gasteiger partial charge in [-0.25, -0.2) is 8.42 Å². The van der Waals surface area contributed by atoms with Crippen LogP contribution in [0.1, 0.15) is 17.5 Å². The zero-order chi connectivity index (χ0) is 15.8. The summed E-state index contributed by atoms with van der Waals surface area (Å²) in [5, 5.41) is 20.0. The lowest BCUT2D eigenvalue weighted by Gasteiger charge is -2.27. The minimum Gasteiger partial charge on any atom is -0.362 e. The van der Waals surface area contributed by atoms with E-state index in [0.717, 1.165) is 0 Å². The van der Waals surface area contributed by atoms with Crippen molar-refractivity contribution in [3.05, 3.63) is 65.7 Å². The Morgan fingerprint density at radius 3 is 2.45 bits per heavy atom. The van der Waals surface area contributed by atoms with Crippen LogP contribution in [-0.4, -0.2) is 18.6 Å². The summed E-state index contributed by atoms with van der Waals surface area (Å²) in [6.07, 6.45) is 3.35. The molecule has 3 N–H and O–H groups in total. The molecule has 0 amide bonds. The van der Waals surface area contributed by atoms with E-state index < -0.39 is 15.8 Å². The standard InChI is InChI=1S/C16H15NO4S/c18-16(19)11-5-8-13-14(16)9-4-10-15(13)17-22(20,21)12-6-2-1-3-7-12/h1-10,17-19H,11H2. The van der Waals surface area contributed by atoms with Crippen molar-refractivity contribution in [3.63, 3.8) is 0 Å². The third-order valence-corrected chi connectivity index (χ3v) is 4.90. The van der Waals surface area contributed by atoms with Gasteiger partial charge in [0.15, 0.2) is 5.79 Å². The molecule has 0 atom stereocenters. The van der Waals surface area contributed by atoms with Gasteiger partial charge in [-0.15, -0.1) is 0 Å². The third-order valence-electron chi connectivity index (χ3n) is 3.52. The average Bonchev–Trinajstić information content (AvgIpc) is 2.48. The molecule has 0 unspecified atom stereocenters. The number of nitrogens with one attached hydrogen (secondary N) is 1. The van der Waals surface area contributed by atoms with Crippen LogP contribution < -0.4 is 4.72 Å². The highest BCUT2D eigenvalue weighted by molar-refractivity contribution is 7.92. The van der Waals surface area contributed by atoms with E-state index in [1.807, 2.05) is 0 Å². The quantitative estimate of drug-likeness (QED) is 0.756. The van der Waals surface area contributed by atoms with Crippen molar-refractivity contribution in [3.8, 4) is 0 Å². The van der Waals surface area contributed by atoms with Gasteiger partial charge >= 0.3 is 0 Å². The number of aliphatic hydroxyl groups is 2. The van der Waals surface area contributed by atoms with E-state index in [1.54, 1.807) is 48.6 Å². The minimum absolute atomic E-state index is 0.0644. The zero-order valence-corrected chi connectivity index (χ0v) is 12.4. The molecule has 0 spiro atoms. The maximum atomic E-state index is 12.4. The SMILES string of the molecule is O=S(=O)(Nc1cccc2c1C=CCC2(O)O)c1ccccc1. The Morgan fingerprint density at radius 1 is 1.00 bits per heavy atom. The highest BCUT2D eigenvalue weighted by atomic mass is 32.2. The molecule has 0 bridgehead atoms. The molecule has 3 rings (SSSR count). The van der Waals surface area contributed by atoms with Gasteiger partial charge in [-0.2, -0.15) is 0 Å². The molecule has 1 aliphatic carbocycles. The van der Waals surface area contributed by atoms with Gasteiger partial charge in [-0.1, -0.05) is 42.5 Å². The van der Waals surface area contributed by atoms with Crippen molar-refractivity contribution in [2.45, 2.75) is 17.1 Å². The molecule has 2 aromatic rings. The molecule has 0 saturated heterocycles. The molecule has 0 aromatic heterocycles. The topological polar surface area (TPSA) is 86.6 Å². The van der Waals surface area contributed by atoms with Crippen LogP contribution in [0.15, 0.2) is 59.5 Å². The van der Waals surface area contributed by atoms with Crippen LogP contribution in [-0.2, 0) is 15.8 Å². The second-order valence-corrected chi connectivity index (χ2v) is 6.79. The summed E-state index contributed by atoms with van der Waals surface area (Å²) >= 11 is 0. The predicted octanol–water partition coefficient (Wildman–Crippen LogP) is 2.04. The molecule has 2 aromatic carbocycles. The number of benzene rings is 2. The minimum atomic E-state index is -3.73. The molecule has 1 aliphatic rings. The van der Waals surface area contributed by atoms with E-state index in [0.29, 0.717) is 11.3 Å². The fraction of sp³-hybridized carbons (Fsp3) is 0.125. The number of hydrogen-bond acceptors (Lipinski definition) is 4. The van der Waals surface area contributed by atoms with Crippen LogP contribution in [0.25, 0.3) is 6.08 Å². The second-order valence-electron chi connectivity index (χ2n) is 5.11. The van der Waals surface area contributed by atoms with E-state index in [2.05, 4.69) is 4.72 Å². The van der Waals surface area contributed by atoms with E-state index in [1.165, 1.54) is 12.1 Å². The van der Waals surface area contributed by atoms with Crippen molar-refractivity contribution in [2.75, 3.05) is 4.72 Å². The Hall–Kier alpha value is -2.15. The zero-order valence-electron chi connectivity index (χ0n) is 11.6. The lowest BCUT2D eigenvalue weighted by atomic mass is 9.91. The van der Waals surface area contributed by atoms with Crippen LogP contribution in [0.3, 0.4) is 0 Å². The average molecular weight is 317 g/mol. The molecule has 0 saturated carbocycles. The number of rotatable bonds is 3. The van der Waals surface area contributed by atoms with Crippen LogP contribution in [0.2, 0.25) is 0 Å². The number of sulfonamides is 1. The lowest BCUT2D eigenvalue weighted by Crippen LogP contribution is -2.27. The molecule has 0 radical (unpaired) electrons. The van der Waals surface area contributed by atoms with Crippen molar-refractivity contribution in [1.29, 1.82) is 0 Å². The monoisotopic (exact) mass is 317 g/mol. The van der Waals surface area contributed by atoms with Crippen molar-refractivity contribution < 1.29 is 18.6 Å². The summed E-state index contributed by atoms with van der Waals surface area (Å²) in [6.45, 7) is 0. The number of fused-ring (bicyclic) bond motifs is 1. The molecule has 114 valence electrons. The first-order chi connectivity index (χ1) is 10.4. The van der Waals surface area contributed by atoms with E-state index in [4.69, 9.17) is 0 Å². The van der Waals surface area contributed by atoms with Gasteiger partial charge in [0.2, 0.25) is 0 Å². The highest BCUT2D eigenvalue weighted by Crippen LogP contribution is 2.35. The Balaban J connectivity index is 2.04. The summed E-state index contributed by atoms with van der Waals surface area (Å²) in [7, 11) is -3.73. The summed E-state index contributed by atoms with van der Waals surface area (Å²) < 4.78 is 27.3. The van der Waals surface area contributed by atoms with Crippen LogP contribution in [0.4, 0.5) is 5.69 Å². The van der Waals surface area contributed by atoms with E-state index in [9.17, 15) is 18.6 Å². The largest absolute Gasteiger partial charge is 0.362 e. The smallest absolute Gasteiger partial charge is 0.261 e. The maximum absolute atomic E-state index is 12.4. The van der Waals surface area contributed by atoms with Gasteiger partial charge < -0.3 is 10.2 Å². The molecule has 6 heteroatoms. The predicted molar refractivity (Wildman–Crippen MR) is 83.5 cm³/mol. The summed E-state index contributed by atoms with van der Waals surface area (Å²) in [5.41, 5.74) is 1.05. The summed E-state index contributed by atoms with van der Waals surface area (Å²) in [6, 6.07) is 12.7. The maximum Gasteiger partial charge on any atom is 0.261 e. The Labute approximate surface area is 128 Å². The molecule has 22 heavy (non-hydrogen) atoms. The highest BCUT2D eigenvalue weighted by Gasteiger charge is 2.31. The van der Waals surface area contributed by atoms with E-state index >= 15 is 0 Å². The fourth-order valence-corrected chi connectivity index (χ4v) is 3.54. The van der Waals surface area contributed by atoms with Gasteiger partial charge in [0.25, 0.3) is 10.0 Å². The third kappa shape index (κ3) is 2.64. The summed E-state index contributed by atoms with van der Waals surface area (Å²) in [4.78, 5) is 0.145. The van der Waals surface area contributed by atoms with Gasteiger partial charge in [-0.05, 0) is 18.2 Å². The van der Waals surface area contributed by atoms with Crippen molar-refractivity contribution >= 4 is 21.8 Å². The fourth-order valence-electron chi connectivity index (χ4n) is 2.44. The number of anilines is 1. The van der Waals surface area contributed by atoms with Crippen molar-refractivity contribution in [2.24, 2.45) is 0 Å². The van der Waals surface area contributed by atoms with Gasteiger partial charge in [0.1, 0.15) is 0 Å². The first-order valence-electron chi connectivity index (χ1n) is 6.73. The number of hydrogen-bond donors (Lipinski definition) is 3. The molecule has 0 heterocycles. The molecule has 5 nitrogen and oxygen atoms in total. The molecule has 0 fully saturated rings.